The lowest BCUT2D eigenvalue weighted by atomic mass is 10.2. The van der Waals surface area contributed by atoms with Crippen LogP contribution in [-0.2, 0) is 4.74 Å². The van der Waals surface area contributed by atoms with Crippen LogP contribution < -0.4 is 0 Å². The minimum absolute atomic E-state index is 0.221. The van der Waals surface area contributed by atoms with E-state index < -0.39 is 17.8 Å². The van der Waals surface area contributed by atoms with E-state index in [0.717, 1.165) is 0 Å². The summed E-state index contributed by atoms with van der Waals surface area (Å²) < 4.78 is 5.34. The highest BCUT2D eigenvalue weighted by molar-refractivity contribution is 8.11. The summed E-state index contributed by atoms with van der Waals surface area (Å²) in [6.45, 7) is 9.34. The lowest BCUT2D eigenvalue weighted by Crippen LogP contribution is -2.45. The van der Waals surface area contributed by atoms with Crippen LogP contribution in [0, 0.1) is 0 Å². The SMILES string of the molecule is CCC(O)CN(C(=O)OC(C)(C)C)C(C)/N=C\SC. The molecule has 0 aliphatic carbocycles. The monoisotopic (exact) mass is 290 g/mol. The minimum atomic E-state index is -0.570. The molecule has 5 nitrogen and oxygen atoms in total. The number of rotatable bonds is 6. The molecular weight excluding hydrogens is 264 g/mol. The number of aliphatic hydroxyl groups is 1. The maximum atomic E-state index is 12.1. The summed E-state index contributed by atoms with van der Waals surface area (Å²) in [5.74, 6) is 0. The third-order valence-corrected chi connectivity index (χ3v) is 2.67. The second-order valence-electron chi connectivity index (χ2n) is 5.32. The second kappa shape index (κ2) is 8.43. The Balaban J connectivity index is 4.84. The van der Waals surface area contributed by atoms with Crippen molar-refractivity contribution in [1.29, 1.82) is 0 Å². The molecule has 0 fully saturated rings. The first-order chi connectivity index (χ1) is 8.71. The molecule has 0 aromatic heterocycles. The van der Waals surface area contributed by atoms with Crippen LogP contribution in [0.4, 0.5) is 4.79 Å². The number of carbonyl (C=O) groups is 1. The first-order valence-electron chi connectivity index (χ1n) is 6.43. The second-order valence-corrected chi connectivity index (χ2v) is 6.00. The Morgan fingerprint density at radius 3 is 2.53 bits per heavy atom. The number of hydrogen-bond donors (Lipinski definition) is 1. The molecule has 112 valence electrons. The van der Waals surface area contributed by atoms with Gasteiger partial charge in [0.1, 0.15) is 11.8 Å². The molecule has 0 heterocycles. The summed E-state index contributed by atoms with van der Waals surface area (Å²) in [6, 6.07) is 0. The highest BCUT2D eigenvalue weighted by Gasteiger charge is 2.27. The van der Waals surface area contributed by atoms with Crippen molar-refractivity contribution in [3.8, 4) is 0 Å². The molecule has 1 amide bonds. The molecule has 0 aromatic rings. The van der Waals surface area contributed by atoms with Gasteiger partial charge in [-0.25, -0.2) is 4.79 Å². The molecule has 19 heavy (non-hydrogen) atoms. The first kappa shape index (κ1) is 18.2. The third kappa shape index (κ3) is 8.10. The molecule has 1 N–H and O–H groups in total. The summed E-state index contributed by atoms with van der Waals surface area (Å²) in [7, 11) is 0. The lowest BCUT2D eigenvalue weighted by molar-refractivity contribution is 0.00630. The summed E-state index contributed by atoms with van der Waals surface area (Å²) >= 11 is 1.46. The van der Waals surface area contributed by atoms with Crippen LogP contribution in [0.25, 0.3) is 0 Å². The predicted molar refractivity (Wildman–Crippen MR) is 80.7 cm³/mol. The van der Waals surface area contributed by atoms with Gasteiger partial charge >= 0.3 is 6.09 Å². The molecule has 0 spiro atoms. The summed E-state index contributed by atoms with van der Waals surface area (Å²) in [5, 5.41) is 9.74. The maximum absolute atomic E-state index is 12.1. The highest BCUT2D eigenvalue weighted by atomic mass is 32.2. The first-order valence-corrected chi connectivity index (χ1v) is 7.72. The number of thioether (sulfide) groups is 1. The summed E-state index contributed by atoms with van der Waals surface area (Å²) in [6.07, 6.45) is 1.10. The Labute approximate surface area is 120 Å². The van der Waals surface area contributed by atoms with Crippen molar-refractivity contribution in [3.05, 3.63) is 0 Å². The van der Waals surface area contributed by atoms with Crippen LogP contribution in [0.1, 0.15) is 41.0 Å². The summed E-state index contributed by atoms with van der Waals surface area (Å²) in [4.78, 5) is 17.8. The zero-order chi connectivity index (χ0) is 15.1. The van der Waals surface area contributed by atoms with Crippen molar-refractivity contribution in [2.45, 2.75) is 58.9 Å². The average molecular weight is 290 g/mol. The molecule has 0 aromatic carbocycles. The van der Waals surface area contributed by atoms with E-state index in [0.29, 0.717) is 6.42 Å². The van der Waals surface area contributed by atoms with E-state index in [1.165, 1.54) is 16.7 Å². The largest absolute Gasteiger partial charge is 0.444 e. The Morgan fingerprint density at radius 1 is 1.53 bits per heavy atom. The molecule has 0 radical (unpaired) electrons. The summed E-state index contributed by atoms with van der Waals surface area (Å²) in [5.41, 5.74) is 1.12. The van der Waals surface area contributed by atoms with Crippen LogP contribution in [0.15, 0.2) is 4.99 Å². The molecule has 0 saturated carbocycles. The fraction of sp³-hybridized carbons (Fsp3) is 0.846. The highest BCUT2D eigenvalue weighted by Crippen LogP contribution is 2.13. The van der Waals surface area contributed by atoms with Crippen molar-refractivity contribution in [3.63, 3.8) is 0 Å². The lowest BCUT2D eigenvalue weighted by Gasteiger charge is -2.31. The predicted octanol–water partition coefficient (Wildman–Crippen LogP) is 2.73. The van der Waals surface area contributed by atoms with Crippen molar-refractivity contribution in [2.24, 2.45) is 4.99 Å². The van der Waals surface area contributed by atoms with Crippen molar-refractivity contribution in [2.75, 3.05) is 12.8 Å². The molecule has 0 aliphatic heterocycles. The van der Waals surface area contributed by atoms with Gasteiger partial charge in [-0.15, -0.1) is 11.8 Å². The van der Waals surface area contributed by atoms with Crippen molar-refractivity contribution < 1.29 is 14.6 Å². The molecule has 2 atom stereocenters. The van der Waals surface area contributed by atoms with Crippen LogP contribution in [0.2, 0.25) is 0 Å². The topological polar surface area (TPSA) is 62.1 Å². The van der Waals surface area contributed by atoms with Crippen molar-refractivity contribution in [1.82, 2.24) is 4.90 Å². The van der Waals surface area contributed by atoms with Gasteiger partial charge in [0.15, 0.2) is 0 Å². The Bertz CT molecular complexity index is 303. The van der Waals surface area contributed by atoms with E-state index in [1.54, 1.807) is 12.5 Å². The van der Waals surface area contributed by atoms with Gasteiger partial charge in [-0.2, -0.15) is 0 Å². The van der Waals surface area contributed by atoms with E-state index in [9.17, 15) is 9.90 Å². The molecule has 0 saturated heterocycles. The Kier molecular flexibility index (Phi) is 8.09. The normalized spacial score (nSPS) is 15.3. The van der Waals surface area contributed by atoms with E-state index in [1.807, 2.05) is 34.0 Å². The Hall–Kier alpha value is -0.750. The number of carbonyl (C=O) groups excluding carboxylic acids is 1. The average Bonchev–Trinajstić information content (AvgIpc) is 2.30. The zero-order valence-electron chi connectivity index (χ0n) is 12.7. The van der Waals surface area contributed by atoms with E-state index in [4.69, 9.17) is 4.74 Å². The smallest absolute Gasteiger partial charge is 0.412 e. The molecule has 0 aliphatic rings. The van der Waals surface area contributed by atoms with E-state index in [2.05, 4.69) is 4.99 Å². The number of ether oxygens (including phenoxy) is 1. The van der Waals surface area contributed by atoms with Crippen LogP contribution in [0.5, 0.6) is 0 Å². The van der Waals surface area contributed by atoms with Gasteiger partial charge in [0.2, 0.25) is 0 Å². The van der Waals surface area contributed by atoms with Gasteiger partial charge < -0.3 is 9.84 Å². The van der Waals surface area contributed by atoms with Gasteiger partial charge in [-0.05, 0) is 40.4 Å². The van der Waals surface area contributed by atoms with Gasteiger partial charge in [-0.1, -0.05) is 6.92 Å². The number of aliphatic imine (C=N–C) groups is 1. The molecule has 6 heteroatoms. The molecule has 0 bridgehead atoms. The fourth-order valence-corrected chi connectivity index (χ4v) is 1.58. The number of aliphatic hydroxyl groups excluding tert-OH is 1. The van der Waals surface area contributed by atoms with E-state index in [-0.39, 0.29) is 12.7 Å². The quantitative estimate of drug-likeness (QED) is 0.603. The number of hydrogen-bond acceptors (Lipinski definition) is 5. The van der Waals surface area contributed by atoms with E-state index >= 15 is 0 Å². The third-order valence-electron chi connectivity index (χ3n) is 2.34. The van der Waals surface area contributed by atoms with Gasteiger partial charge in [-0.3, -0.25) is 9.89 Å². The standard InChI is InChI=1S/C13H26N2O3S/c1-7-11(16)8-15(10(2)14-9-19-6)12(17)18-13(3,4)5/h9-11,16H,7-8H2,1-6H3/b14-9-. The van der Waals surface area contributed by atoms with Gasteiger partial charge in [0.25, 0.3) is 0 Å². The minimum Gasteiger partial charge on any atom is -0.444 e. The van der Waals surface area contributed by atoms with Crippen LogP contribution in [0.3, 0.4) is 0 Å². The number of nitrogens with zero attached hydrogens (tertiary/aromatic N) is 2. The van der Waals surface area contributed by atoms with Crippen LogP contribution in [-0.4, -0.2) is 52.3 Å². The van der Waals surface area contributed by atoms with Crippen molar-refractivity contribution >= 4 is 23.4 Å². The van der Waals surface area contributed by atoms with Crippen LogP contribution >= 0.6 is 11.8 Å². The zero-order valence-corrected chi connectivity index (χ0v) is 13.5. The molecule has 0 rings (SSSR count). The molecular formula is C13H26N2O3S. The number of amides is 1. The Morgan fingerprint density at radius 2 is 2.11 bits per heavy atom. The fourth-order valence-electron chi connectivity index (χ4n) is 1.29. The molecule has 2 unspecified atom stereocenters. The maximum Gasteiger partial charge on any atom is 0.412 e. The van der Waals surface area contributed by atoms with Gasteiger partial charge in [0.05, 0.1) is 18.2 Å². The van der Waals surface area contributed by atoms with Gasteiger partial charge in [0, 0.05) is 0 Å².